The van der Waals surface area contributed by atoms with E-state index in [0.29, 0.717) is 6.54 Å². The third kappa shape index (κ3) is 3.26. The van der Waals surface area contributed by atoms with Gasteiger partial charge in [-0.2, -0.15) is 0 Å². The maximum atomic E-state index is 13.1. The van der Waals surface area contributed by atoms with Crippen molar-refractivity contribution >= 4 is 11.5 Å². The molecule has 6 heteroatoms. The molecule has 27 heavy (non-hydrogen) atoms. The lowest BCUT2D eigenvalue weighted by molar-refractivity contribution is -0.128. The van der Waals surface area contributed by atoms with E-state index in [1.807, 2.05) is 48.5 Å². The first kappa shape index (κ1) is 17.1. The quantitative estimate of drug-likeness (QED) is 0.751. The summed E-state index contributed by atoms with van der Waals surface area (Å²) in [6, 6.07) is 14.9. The van der Waals surface area contributed by atoms with E-state index in [2.05, 4.69) is 14.9 Å². The number of Topliss-reactive ketones (excluding diaryl/α,β-unsaturated/α-hetero) is 1. The molecule has 0 saturated carbocycles. The molecule has 1 aliphatic rings. The highest BCUT2D eigenvalue weighted by atomic mass is 16.5. The van der Waals surface area contributed by atoms with Gasteiger partial charge in [-0.25, -0.2) is 4.98 Å². The van der Waals surface area contributed by atoms with Crippen LogP contribution in [-0.2, 0) is 11.3 Å². The van der Waals surface area contributed by atoms with E-state index in [9.17, 15) is 4.79 Å². The van der Waals surface area contributed by atoms with Gasteiger partial charge in [0.15, 0.2) is 11.9 Å². The van der Waals surface area contributed by atoms with Crippen molar-refractivity contribution in [3.05, 3.63) is 72.3 Å². The average Bonchev–Trinajstić information content (AvgIpc) is 3.21. The number of aromatic amines is 1. The van der Waals surface area contributed by atoms with E-state index in [1.165, 1.54) is 0 Å². The molecule has 138 valence electrons. The number of fused-ring (bicyclic) bond motifs is 1. The second-order valence-electron chi connectivity index (χ2n) is 6.46. The Bertz CT molecular complexity index is 922. The highest BCUT2D eigenvalue weighted by Crippen LogP contribution is 2.39. The van der Waals surface area contributed by atoms with Crippen LogP contribution in [0.15, 0.2) is 60.9 Å². The molecule has 2 unspecified atom stereocenters. The smallest absolute Gasteiger partial charge is 0.199 e. The Balaban J connectivity index is 1.80. The Labute approximate surface area is 157 Å². The number of benzene rings is 2. The number of methoxy groups -OCH3 is 1. The van der Waals surface area contributed by atoms with Gasteiger partial charge in [0.05, 0.1) is 13.7 Å². The number of nitrogens with one attached hydrogen (secondary N) is 1. The van der Waals surface area contributed by atoms with Gasteiger partial charge in [0.1, 0.15) is 23.4 Å². The number of para-hydroxylation sites is 1. The zero-order valence-corrected chi connectivity index (χ0v) is 15.3. The molecule has 0 fully saturated rings. The first-order valence-electron chi connectivity index (χ1n) is 8.85. The topological polar surface area (TPSA) is 67.5 Å². The Hall–Kier alpha value is -3.28. The molecule has 0 saturated heterocycles. The number of hydrogen-bond donors (Lipinski definition) is 1. The van der Waals surface area contributed by atoms with Crippen LogP contribution in [0.4, 0.5) is 5.69 Å². The second-order valence-corrected chi connectivity index (χ2v) is 6.46. The molecule has 0 spiro atoms. The molecule has 1 aliphatic heterocycles. The van der Waals surface area contributed by atoms with Crippen molar-refractivity contribution in [3.8, 4) is 11.5 Å². The maximum Gasteiger partial charge on any atom is 0.199 e. The Morgan fingerprint density at radius 3 is 2.67 bits per heavy atom. The lowest BCUT2D eigenvalue weighted by Gasteiger charge is -2.38. The number of aromatic nitrogens is 2. The van der Waals surface area contributed by atoms with Crippen LogP contribution in [0.25, 0.3) is 0 Å². The van der Waals surface area contributed by atoms with Gasteiger partial charge in [-0.1, -0.05) is 18.2 Å². The normalized spacial score (nSPS) is 18.5. The highest BCUT2D eigenvalue weighted by Gasteiger charge is 2.38. The summed E-state index contributed by atoms with van der Waals surface area (Å²) in [5.41, 5.74) is 1.78. The minimum atomic E-state index is -0.512. The number of anilines is 1. The van der Waals surface area contributed by atoms with Crippen LogP contribution in [0.2, 0.25) is 0 Å². The first-order valence-corrected chi connectivity index (χ1v) is 8.85. The highest BCUT2D eigenvalue weighted by molar-refractivity contribution is 5.94. The Kier molecular flexibility index (Phi) is 4.54. The molecule has 2 heterocycles. The van der Waals surface area contributed by atoms with Crippen molar-refractivity contribution < 1.29 is 14.3 Å². The molecule has 0 aliphatic carbocycles. The van der Waals surface area contributed by atoms with E-state index >= 15 is 0 Å². The summed E-state index contributed by atoms with van der Waals surface area (Å²) >= 11 is 0. The van der Waals surface area contributed by atoms with Crippen molar-refractivity contribution in [2.45, 2.75) is 25.6 Å². The summed E-state index contributed by atoms with van der Waals surface area (Å²) in [7, 11) is 1.63. The Morgan fingerprint density at radius 2 is 1.96 bits per heavy atom. The summed E-state index contributed by atoms with van der Waals surface area (Å²) in [6.45, 7) is 2.27. The van der Waals surface area contributed by atoms with Gasteiger partial charge in [0, 0.05) is 23.6 Å². The number of imidazole rings is 1. The molecule has 1 aromatic heterocycles. The number of hydrogen-bond acceptors (Lipinski definition) is 5. The molecule has 0 amide bonds. The fourth-order valence-electron chi connectivity index (χ4n) is 3.41. The van der Waals surface area contributed by atoms with E-state index in [1.54, 1.807) is 26.4 Å². The first-order chi connectivity index (χ1) is 13.2. The van der Waals surface area contributed by atoms with Gasteiger partial charge < -0.3 is 19.4 Å². The van der Waals surface area contributed by atoms with Crippen LogP contribution in [0.1, 0.15) is 24.4 Å². The minimum absolute atomic E-state index is 0.0241. The van der Waals surface area contributed by atoms with Gasteiger partial charge in [0.2, 0.25) is 0 Å². The minimum Gasteiger partial charge on any atom is -0.497 e. The zero-order valence-electron chi connectivity index (χ0n) is 15.3. The standard InChI is InChI=1S/C21H21N3O3/c1-14-21(25)20(17-5-3-4-6-18(17)27-14)24(13-19-22-11-12-23-19)15-7-9-16(26-2)10-8-15/h3-12,14,20H,13H2,1-2H3,(H,22,23). The third-order valence-corrected chi connectivity index (χ3v) is 4.78. The van der Waals surface area contributed by atoms with Crippen molar-refractivity contribution in [3.63, 3.8) is 0 Å². The van der Waals surface area contributed by atoms with Gasteiger partial charge in [0.25, 0.3) is 0 Å². The monoisotopic (exact) mass is 363 g/mol. The molecule has 0 radical (unpaired) electrons. The summed E-state index contributed by atoms with van der Waals surface area (Å²) in [6.07, 6.45) is 2.98. The number of nitrogens with zero attached hydrogens (tertiary/aromatic N) is 2. The van der Waals surface area contributed by atoms with Crippen LogP contribution >= 0.6 is 0 Å². The zero-order chi connectivity index (χ0) is 18.8. The van der Waals surface area contributed by atoms with Gasteiger partial charge in [-0.15, -0.1) is 0 Å². The molecular formula is C21H21N3O3. The van der Waals surface area contributed by atoms with E-state index in [4.69, 9.17) is 9.47 Å². The predicted molar refractivity (Wildman–Crippen MR) is 102 cm³/mol. The van der Waals surface area contributed by atoms with E-state index in [-0.39, 0.29) is 5.78 Å². The molecule has 4 rings (SSSR count). The van der Waals surface area contributed by atoms with Crippen LogP contribution in [0.5, 0.6) is 11.5 Å². The fraction of sp³-hybridized carbons (Fsp3) is 0.238. The van der Waals surface area contributed by atoms with Crippen molar-refractivity contribution in [1.29, 1.82) is 0 Å². The largest absolute Gasteiger partial charge is 0.497 e. The fourth-order valence-corrected chi connectivity index (χ4v) is 3.41. The molecule has 1 N–H and O–H groups in total. The van der Waals surface area contributed by atoms with Gasteiger partial charge in [-0.3, -0.25) is 4.79 Å². The van der Waals surface area contributed by atoms with Crippen molar-refractivity contribution in [2.75, 3.05) is 12.0 Å². The number of carbonyl (C=O) groups is 1. The van der Waals surface area contributed by atoms with Crippen LogP contribution in [-0.4, -0.2) is 29.0 Å². The van der Waals surface area contributed by atoms with Gasteiger partial charge >= 0.3 is 0 Å². The van der Waals surface area contributed by atoms with E-state index < -0.39 is 12.1 Å². The van der Waals surface area contributed by atoms with Crippen molar-refractivity contribution in [2.24, 2.45) is 0 Å². The number of ether oxygens (including phenoxy) is 2. The van der Waals surface area contributed by atoms with Crippen LogP contribution in [0.3, 0.4) is 0 Å². The summed E-state index contributed by atoms with van der Waals surface area (Å²) in [4.78, 5) is 22.7. The van der Waals surface area contributed by atoms with E-state index in [0.717, 1.165) is 28.6 Å². The summed E-state index contributed by atoms with van der Waals surface area (Å²) < 4.78 is 11.1. The average molecular weight is 363 g/mol. The second kappa shape index (κ2) is 7.15. The van der Waals surface area contributed by atoms with Crippen molar-refractivity contribution in [1.82, 2.24) is 9.97 Å². The number of rotatable bonds is 5. The van der Waals surface area contributed by atoms with Gasteiger partial charge in [-0.05, 0) is 37.3 Å². The SMILES string of the molecule is COc1ccc(N(Cc2ncc[nH]2)C2C(=O)C(C)Oc3ccccc32)cc1. The molecule has 6 nitrogen and oxygen atoms in total. The van der Waals surface area contributed by atoms with Crippen LogP contribution in [0, 0.1) is 0 Å². The summed E-state index contributed by atoms with van der Waals surface area (Å²) in [5.74, 6) is 2.32. The molecule has 2 aromatic carbocycles. The maximum absolute atomic E-state index is 13.1. The number of carbonyl (C=O) groups excluding carboxylic acids is 1. The Morgan fingerprint density at radius 1 is 1.19 bits per heavy atom. The molecule has 0 bridgehead atoms. The lowest BCUT2D eigenvalue weighted by Crippen LogP contribution is -2.43. The number of H-pyrrole nitrogens is 1. The summed E-state index contributed by atoms with van der Waals surface area (Å²) in [5, 5.41) is 0. The number of ketones is 1. The molecule has 3 aromatic rings. The third-order valence-electron chi connectivity index (χ3n) is 4.78. The lowest BCUT2D eigenvalue weighted by atomic mass is 9.93. The molecular weight excluding hydrogens is 342 g/mol. The molecule has 2 atom stereocenters. The predicted octanol–water partition coefficient (Wildman–Crippen LogP) is 3.52. The van der Waals surface area contributed by atoms with Crippen LogP contribution < -0.4 is 14.4 Å².